The fourth-order valence-electron chi connectivity index (χ4n) is 5.43. The fourth-order valence-corrected chi connectivity index (χ4v) is 5.73. The Hall–Kier alpha value is -4.87. The number of esters is 1. The standard InChI is InChI=1S/C32H27Cl2N7O4/c1-18-4-3-5-28(26-13-19(10-11-35-26)22-12-20(32(44)45-2)6-8-24(22)37-31(18)43)40-17-36-25(15-30(40)42)23-14-21(33)7-9-27(23)41-16-29(34)38-39-41/h6-18,28H,3-5H2,1-2H3,(H,37,43)/t18-,28+/m1/s1. The van der Waals surface area contributed by atoms with Crippen LogP contribution in [0, 0.1) is 5.92 Å². The number of pyridine rings is 1. The van der Waals surface area contributed by atoms with Crippen LogP contribution >= 0.6 is 23.2 Å². The van der Waals surface area contributed by atoms with Gasteiger partial charge < -0.3 is 10.1 Å². The second-order valence-electron chi connectivity index (χ2n) is 10.7. The minimum Gasteiger partial charge on any atom is -0.465 e. The summed E-state index contributed by atoms with van der Waals surface area (Å²) in [6.07, 6.45) is 6.47. The van der Waals surface area contributed by atoms with E-state index in [1.165, 1.54) is 24.2 Å². The van der Waals surface area contributed by atoms with E-state index < -0.39 is 12.0 Å². The van der Waals surface area contributed by atoms with E-state index in [-0.39, 0.29) is 22.5 Å². The van der Waals surface area contributed by atoms with Crippen molar-refractivity contribution in [1.82, 2.24) is 29.5 Å². The van der Waals surface area contributed by atoms with Crippen LogP contribution in [0.3, 0.4) is 0 Å². The van der Waals surface area contributed by atoms with Crippen molar-refractivity contribution in [2.24, 2.45) is 5.92 Å². The molecule has 2 atom stereocenters. The molecule has 0 saturated heterocycles. The zero-order chi connectivity index (χ0) is 31.7. The first-order chi connectivity index (χ1) is 21.7. The Balaban J connectivity index is 1.45. The third kappa shape index (κ3) is 6.22. The number of fused-ring (bicyclic) bond motifs is 4. The monoisotopic (exact) mass is 643 g/mol. The van der Waals surface area contributed by atoms with E-state index in [9.17, 15) is 14.4 Å². The quantitative estimate of drug-likeness (QED) is 0.236. The minimum absolute atomic E-state index is 0.136. The molecule has 1 aliphatic heterocycles. The average molecular weight is 645 g/mol. The Morgan fingerprint density at radius 3 is 2.60 bits per heavy atom. The highest BCUT2D eigenvalue weighted by Crippen LogP contribution is 2.34. The van der Waals surface area contributed by atoms with Crippen molar-refractivity contribution in [1.29, 1.82) is 0 Å². The molecule has 3 aromatic heterocycles. The van der Waals surface area contributed by atoms with Gasteiger partial charge in [-0.1, -0.05) is 41.8 Å². The highest BCUT2D eigenvalue weighted by molar-refractivity contribution is 6.31. The molecule has 0 radical (unpaired) electrons. The van der Waals surface area contributed by atoms with Gasteiger partial charge >= 0.3 is 5.97 Å². The van der Waals surface area contributed by atoms with Gasteiger partial charge in [-0.05, 0) is 66.9 Å². The normalized spacial score (nSPS) is 16.6. The summed E-state index contributed by atoms with van der Waals surface area (Å²) in [5.41, 5.74) is 4.14. The van der Waals surface area contributed by atoms with Gasteiger partial charge in [0.25, 0.3) is 5.56 Å². The van der Waals surface area contributed by atoms with Crippen molar-refractivity contribution in [2.75, 3.05) is 12.4 Å². The van der Waals surface area contributed by atoms with Gasteiger partial charge in [0.2, 0.25) is 5.91 Å². The number of carbonyl (C=O) groups is 2. The van der Waals surface area contributed by atoms with Crippen LogP contribution in [0.25, 0.3) is 28.1 Å². The van der Waals surface area contributed by atoms with Crippen molar-refractivity contribution < 1.29 is 14.3 Å². The molecule has 0 spiro atoms. The molecule has 0 aliphatic carbocycles. The molecule has 2 aromatic carbocycles. The van der Waals surface area contributed by atoms with E-state index in [0.29, 0.717) is 69.3 Å². The largest absolute Gasteiger partial charge is 0.465 e. The van der Waals surface area contributed by atoms with E-state index >= 15 is 0 Å². The number of ether oxygens (including phenoxy) is 1. The number of amides is 1. The van der Waals surface area contributed by atoms with Gasteiger partial charge in [-0.2, -0.15) is 0 Å². The topological polar surface area (TPSA) is 134 Å². The van der Waals surface area contributed by atoms with Crippen LogP contribution in [0.1, 0.15) is 48.3 Å². The Morgan fingerprint density at radius 2 is 1.84 bits per heavy atom. The van der Waals surface area contributed by atoms with Gasteiger partial charge in [-0.3, -0.25) is 19.1 Å². The molecule has 1 amide bonds. The summed E-state index contributed by atoms with van der Waals surface area (Å²) in [5.74, 6) is -0.931. The minimum atomic E-state index is -0.497. The third-order valence-electron chi connectivity index (χ3n) is 7.81. The Morgan fingerprint density at radius 1 is 1.00 bits per heavy atom. The average Bonchev–Trinajstić information content (AvgIpc) is 3.48. The van der Waals surface area contributed by atoms with Crippen LogP contribution in [-0.4, -0.2) is 48.5 Å². The number of methoxy groups -OCH3 is 1. The van der Waals surface area contributed by atoms with Gasteiger partial charge in [-0.15, -0.1) is 5.10 Å². The van der Waals surface area contributed by atoms with Gasteiger partial charge in [-0.25, -0.2) is 14.5 Å². The van der Waals surface area contributed by atoms with E-state index in [1.807, 2.05) is 13.0 Å². The highest BCUT2D eigenvalue weighted by atomic mass is 35.5. The number of hydrogen-bond acceptors (Lipinski definition) is 8. The van der Waals surface area contributed by atoms with Crippen molar-refractivity contribution in [2.45, 2.75) is 32.2 Å². The predicted octanol–water partition coefficient (Wildman–Crippen LogP) is 5.99. The van der Waals surface area contributed by atoms with Crippen LogP contribution in [0.2, 0.25) is 10.2 Å². The first-order valence-corrected chi connectivity index (χ1v) is 14.9. The van der Waals surface area contributed by atoms with E-state index in [0.717, 1.165) is 0 Å². The molecule has 13 heteroatoms. The van der Waals surface area contributed by atoms with E-state index in [4.69, 9.17) is 27.9 Å². The highest BCUT2D eigenvalue weighted by Gasteiger charge is 2.24. The van der Waals surface area contributed by atoms with Crippen molar-refractivity contribution in [3.63, 3.8) is 0 Å². The number of carbonyl (C=O) groups excluding carboxylic acids is 2. The summed E-state index contributed by atoms with van der Waals surface area (Å²) >= 11 is 12.3. The number of rotatable bonds is 4. The summed E-state index contributed by atoms with van der Waals surface area (Å²) in [4.78, 5) is 48.6. The predicted molar refractivity (Wildman–Crippen MR) is 170 cm³/mol. The number of nitrogens with one attached hydrogen (secondary N) is 1. The maximum absolute atomic E-state index is 13.8. The lowest BCUT2D eigenvalue weighted by molar-refractivity contribution is -0.119. The van der Waals surface area contributed by atoms with E-state index in [2.05, 4.69) is 25.6 Å². The Kier molecular flexibility index (Phi) is 8.46. The number of benzene rings is 2. The number of hydrogen-bond donors (Lipinski definition) is 1. The summed E-state index contributed by atoms with van der Waals surface area (Å²) in [6.45, 7) is 1.86. The molecule has 4 heterocycles. The maximum atomic E-state index is 13.8. The molecule has 2 bridgehead atoms. The second-order valence-corrected chi connectivity index (χ2v) is 11.5. The first-order valence-electron chi connectivity index (χ1n) is 14.2. The summed E-state index contributed by atoms with van der Waals surface area (Å²) in [7, 11) is 1.31. The van der Waals surface area contributed by atoms with Crippen molar-refractivity contribution in [3.05, 3.63) is 105 Å². The van der Waals surface area contributed by atoms with Crippen LogP contribution in [0.5, 0.6) is 0 Å². The Labute approximate surface area is 267 Å². The lowest BCUT2D eigenvalue weighted by Gasteiger charge is -2.23. The molecule has 0 unspecified atom stereocenters. The fraction of sp³-hybridized carbons (Fsp3) is 0.219. The molecule has 5 aromatic rings. The van der Waals surface area contributed by atoms with Crippen LogP contribution in [-0.2, 0) is 9.53 Å². The van der Waals surface area contributed by atoms with Crippen molar-refractivity contribution >= 4 is 40.8 Å². The molecule has 11 nitrogen and oxygen atoms in total. The lowest BCUT2D eigenvalue weighted by Crippen LogP contribution is -2.27. The molecule has 228 valence electrons. The molecule has 45 heavy (non-hydrogen) atoms. The summed E-state index contributed by atoms with van der Waals surface area (Å²) in [6, 6.07) is 14.8. The number of aromatic nitrogens is 6. The van der Waals surface area contributed by atoms with E-state index in [1.54, 1.807) is 59.4 Å². The van der Waals surface area contributed by atoms with Gasteiger partial charge in [0.05, 0.1) is 48.3 Å². The number of anilines is 1. The Bertz CT molecular complexity index is 1990. The molecule has 0 fully saturated rings. The zero-order valence-corrected chi connectivity index (χ0v) is 25.8. The van der Waals surface area contributed by atoms with Crippen LogP contribution < -0.4 is 10.9 Å². The summed E-state index contributed by atoms with van der Waals surface area (Å²) < 4.78 is 7.96. The number of halogens is 2. The smallest absolute Gasteiger partial charge is 0.337 e. The van der Waals surface area contributed by atoms with Crippen LogP contribution in [0.15, 0.2) is 78.1 Å². The van der Waals surface area contributed by atoms with Crippen LogP contribution in [0.4, 0.5) is 5.69 Å². The molecule has 6 rings (SSSR count). The first kappa shape index (κ1) is 30.2. The SMILES string of the molecule is COC(=O)c1ccc2c(c1)-c1ccnc(c1)[C@@H](n1cnc(-c3cc(Cl)ccc3-n3cc(Cl)nn3)cc1=O)CCC[C@@H](C)C(=O)N2. The molecular weight excluding hydrogens is 617 g/mol. The number of nitrogens with zero attached hydrogens (tertiary/aromatic N) is 6. The maximum Gasteiger partial charge on any atom is 0.337 e. The van der Waals surface area contributed by atoms with Gasteiger partial charge in [0, 0.05) is 40.0 Å². The van der Waals surface area contributed by atoms with Crippen molar-refractivity contribution in [3.8, 4) is 28.1 Å². The second kappa shape index (κ2) is 12.6. The van der Waals surface area contributed by atoms with Gasteiger partial charge in [0.1, 0.15) is 0 Å². The molecule has 0 saturated carbocycles. The van der Waals surface area contributed by atoms with Gasteiger partial charge in [0.15, 0.2) is 5.15 Å². The summed E-state index contributed by atoms with van der Waals surface area (Å²) in [5, 5.41) is 11.6. The molecule has 1 N–H and O–H groups in total. The molecular formula is C32H27Cl2N7O4. The lowest BCUT2D eigenvalue weighted by atomic mass is 9.94. The molecule has 1 aliphatic rings. The third-order valence-corrected chi connectivity index (χ3v) is 8.22. The zero-order valence-electron chi connectivity index (χ0n) is 24.3.